The Labute approximate surface area is 104 Å². The van der Waals surface area contributed by atoms with Crippen LogP contribution in [-0.2, 0) is 4.79 Å². The van der Waals surface area contributed by atoms with Gasteiger partial charge in [-0.15, -0.1) is 23.4 Å². The van der Waals surface area contributed by atoms with Gasteiger partial charge in [-0.05, 0) is 12.2 Å². The molecule has 0 bridgehead atoms. The van der Waals surface area contributed by atoms with Gasteiger partial charge in [-0.3, -0.25) is 9.59 Å². The summed E-state index contributed by atoms with van der Waals surface area (Å²) in [6.07, 6.45) is 0.931. The van der Waals surface area contributed by atoms with Crippen molar-refractivity contribution in [1.29, 1.82) is 0 Å². The Balaban J connectivity index is 2.64. The predicted molar refractivity (Wildman–Crippen MR) is 68.2 cm³/mol. The predicted octanol–water partition coefficient (Wildman–Crippen LogP) is 3.15. The average molecular weight is 257 g/mol. The van der Waals surface area contributed by atoms with Crippen molar-refractivity contribution in [3.8, 4) is 0 Å². The molecule has 0 spiro atoms. The van der Waals surface area contributed by atoms with E-state index in [2.05, 4.69) is 0 Å². The SMILES string of the molecule is CCCSC(Cl)C(=O)C(=O)c1ccccc1. The second kappa shape index (κ2) is 6.71. The van der Waals surface area contributed by atoms with Gasteiger partial charge in [-0.2, -0.15) is 0 Å². The molecule has 0 saturated carbocycles. The molecule has 2 nitrogen and oxygen atoms in total. The van der Waals surface area contributed by atoms with Crippen molar-refractivity contribution in [1.82, 2.24) is 0 Å². The standard InChI is InChI=1S/C12H13ClO2S/c1-2-8-16-12(13)11(15)10(14)9-6-4-3-5-7-9/h3-7,12H,2,8H2,1H3. The van der Waals surface area contributed by atoms with Gasteiger partial charge in [-0.1, -0.05) is 37.3 Å². The number of alkyl halides is 1. The third-order valence-corrected chi connectivity index (χ3v) is 3.66. The fourth-order valence-corrected chi connectivity index (χ4v) is 2.20. The molecule has 0 aromatic heterocycles. The Morgan fingerprint density at radius 1 is 1.31 bits per heavy atom. The number of hydrogen-bond donors (Lipinski definition) is 0. The van der Waals surface area contributed by atoms with E-state index >= 15 is 0 Å². The number of Topliss-reactive ketones (excluding diaryl/α,β-unsaturated/α-hetero) is 2. The number of hydrogen-bond acceptors (Lipinski definition) is 3. The van der Waals surface area contributed by atoms with E-state index in [4.69, 9.17) is 11.6 Å². The molecule has 0 radical (unpaired) electrons. The molecule has 0 saturated heterocycles. The molecular weight excluding hydrogens is 244 g/mol. The highest BCUT2D eigenvalue weighted by Crippen LogP contribution is 2.19. The minimum atomic E-state index is -0.771. The first-order valence-electron chi connectivity index (χ1n) is 5.06. The van der Waals surface area contributed by atoms with Crippen LogP contribution in [0.3, 0.4) is 0 Å². The molecule has 86 valence electrons. The Morgan fingerprint density at radius 2 is 1.94 bits per heavy atom. The first-order valence-corrected chi connectivity index (χ1v) is 6.54. The zero-order valence-electron chi connectivity index (χ0n) is 8.98. The van der Waals surface area contributed by atoms with Crippen molar-refractivity contribution < 1.29 is 9.59 Å². The van der Waals surface area contributed by atoms with Crippen LogP contribution in [0.4, 0.5) is 0 Å². The number of ketones is 2. The Morgan fingerprint density at radius 3 is 2.50 bits per heavy atom. The van der Waals surface area contributed by atoms with Crippen molar-refractivity contribution in [3.05, 3.63) is 35.9 Å². The first-order chi connectivity index (χ1) is 7.66. The molecule has 0 aliphatic carbocycles. The highest BCUT2D eigenvalue weighted by Gasteiger charge is 2.24. The van der Waals surface area contributed by atoms with Gasteiger partial charge in [-0.25, -0.2) is 0 Å². The molecule has 16 heavy (non-hydrogen) atoms. The van der Waals surface area contributed by atoms with E-state index < -0.39 is 16.3 Å². The molecule has 1 rings (SSSR count). The summed E-state index contributed by atoms with van der Waals surface area (Å²) in [7, 11) is 0. The van der Waals surface area contributed by atoms with Crippen molar-refractivity contribution in [3.63, 3.8) is 0 Å². The zero-order valence-corrected chi connectivity index (χ0v) is 10.6. The van der Waals surface area contributed by atoms with Gasteiger partial charge in [0.25, 0.3) is 0 Å². The Kier molecular flexibility index (Phi) is 5.56. The summed E-state index contributed by atoms with van der Waals surface area (Å²) in [6, 6.07) is 8.49. The van der Waals surface area contributed by atoms with Gasteiger partial charge in [0.2, 0.25) is 11.6 Å². The minimum absolute atomic E-state index is 0.398. The fraction of sp³-hybridized carbons (Fsp3) is 0.333. The molecular formula is C12H13ClO2S. The third kappa shape index (κ3) is 3.65. The van der Waals surface area contributed by atoms with Gasteiger partial charge in [0.1, 0.15) is 4.71 Å². The van der Waals surface area contributed by atoms with E-state index in [9.17, 15) is 9.59 Å². The van der Waals surface area contributed by atoms with Gasteiger partial charge >= 0.3 is 0 Å². The van der Waals surface area contributed by atoms with Gasteiger partial charge < -0.3 is 0 Å². The van der Waals surface area contributed by atoms with Crippen LogP contribution in [0, 0.1) is 0 Å². The first kappa shape index (κ1) is 13.3. The lowest BCUT2D eigenvalue weighted by Gasteiger charge is -2.06. The molecule has 1 aromatic rings. The van der Waals surface area contributed by atoms with Crippen LogP contribution in [0.15, 0.2) is 30.3 Å². The maximum Gasteiger partial charge on any atom is 0.231 e. The minimum Gasteiger partial charge on any atom is -0.288 e. The van der Waals surface area contributed by atoms with Crippen LogP contribution in [0.2, 0.25) is 0 Å². The fourth-order valence-electron chi connectivity index (χ4n) is 1.13. The molecule has 0 amide bonds. The van der Waals surface area contributed by atoms with Crippen LogP contribution in [0.25, 0.3) is 0 Å². The van der Waals surface area contributed by atoms with E-state index in [-0.39, 0.29) is 0 Å². The number of halogens is 1. The molecule has 1 atom stereocenters. The van der Waals surface area contributed by atoms with Crippen molar-refractivity contribution in [2.75, 3.05) is 5.75 Å². The van der Waals surface area contributed by atoms with E-state index in [1.54, 1.807) is 30.3 Å². The molecule has 0 heterocycles. The Bertz CT molecular complexity index is 365. The molecule has 1 aromatic carbocycles. The number of benzene rings is 1. The van der Waals surface area contributed by atoms with E-state index in [1.165, 1.54) is 11.8 Å². The van der Waals surface area contributed by atoms with Crippen LogP contribution < -0.4 is 0 Å². The summed E-state index contributed by atoms with van der Waals surface area (Å²) in [5.41, 5.74) is 0.398. The summed E-state index contributed by atoms with van der Waals surface area (Å²) >= 11 is 7.15. The average Bonchev–Trinajstić information content (AvgIpc) is 2.35. The van der Waals surface area contributed by atoms with Crippen LogP contribution in [-0.4, -0.2) is 22.0 Å². The lowest BCUT2D eigenvalue weighted by molar-refractivity contribution is -0.113. The monoisotopic (exact) mass is 256 g/mol. The maximum absolute atomic E-state index is 11.7. The van der Waals surface area contributed by atoms with Crippen LogP contribution >= 0.6 is 23.4 Å². The normalized spacial score (nSPS) is 12.1. The summed E-state index contributed by atoms with van der Waals surface area (Å²) in [5.74, 6) is -0.266. The number of carbonyl (C=O) groups is 2. The summed E-state index contributed by atoms with van der Waals surface area (Å²) in [6.45, 7) is 2.00. The second-order valence-electron chi connectivity index (χ2n) is 3.25. The number of carbonyl (C=O) groups excluding carboxylic acids is 2. The quantitative estimate of drug-likeness (QED) is 0.445. The zero-order chi connectivity index (χ0) is 12.0. The van der Waals surface area contributed by atoms with Gasteiger partial charge in [0.05, 0.1) is 0 Å². The van der Waals surface area contributed by atoms with Gasteiger partial charge in [0, 0.05) is 5.56 Å². The summed E-state index contributed by atoms with van der Waals surface area (Å²) in [4.78, 5) is 23.3. The highest BCUT2D eigenvalue weighted by atomic mass is 35.5. The van der Waals surface area contributed by atoms with Crippen molar-refractivity contribution in [2.24, 2.45) is 0 Å². The largest absolute Gasteiger partial charge is 0.288 e. The number of thioether (sulfide) groups is 1. The summed E-state index contributed by atoms with van der Waals surface area (Å²) in [5, 5.41) is 0. The molecule has 0 fully saturated rings. The lowest BCUT2D eigenvalue weighted by Crippen LogP contribution is -2.22. The molecule has 4 heteroatoms. The molecule has 0 aliphatic heterocycles. The van der Waals surface area contributed by atoms with Gasteiger partial charge in [0.15, 0.2) is 0 Å². The molecule has 0 aliphatic rings. The number of rotatable bonds is 6. The van der Waals surface area contributed by atoms with Crippen LogP contribution in [0.5, 0.6) is 0 Å². The lowest BCUT2D eigenvalue weighted by atomic mass is 10.1. The third-order valence-electron chi connectivity index (χ3n) is 1.93. The van der Waals surface area contributed by atoms with Crippen molar-refractivity contribution >= 4 is 34.9 Å². The topological polar surface area (TPSA) is 34.1 Å². The molecule has 1 unspecified atom stereocenters. The highest BCUT2D eigenvalue weighted by molar-refractivity contribution is 8.01. The summed E-state index contributed by atoms with van der Waals surface area (Å²) < 4.78 is -0.771. The van der Waals surface area contributed by atoms with Crippen molar-refractivity contribution in [2.45, 2.75) is 18.1 Å². The molecule has 0 N–H and O–H groups in total. The van der Waals surface area contributed by atoms with E-state index in [0.29, 0.717) is 5.56 Å². The Hall–Kier alpha value is -0.800. The maximum atomic E-state index is 11.7. The second-order valence-corrected chi connectivity index (χ2v) is 5.15. The van der Waals surface area contributed by atoms with Crippen LogP contribution in [0.1, 0.15) is 23.7 Å². The van der Waals surface area contributed by atoms with E-state index in [0.717, 1.165) is 12.2 Å². The van der Waals surface area contributed by atoms with E-state index in [1.807, 2.05) is 6.92 Å². The smallest absolute Gasteiger partial charge is 0.231 e.